The Bertz CT molecular complexity index is 538. The molecule has 0 aromatic carbocycles. The van der Waals surface area contributed by atoms with Crippen LogP contribution >= 0.6 is 0 Å². The van der Waals surface area contributed by atoms with Gasteiger partial charge in [0.15, 0.2) is 0 Å². The second-order valence-corrected chi connectivity index (χ2v) is 5.54. The zero-order valence-electron chi connectivity index (χ0n) is 15.0. The quantitative estimate of drug-likeness (QED) is 0.601. The molecule has 0 unspecified atom stereocenters. The fraction of sp³-hybridized carbons (Fsp3) is 0.333. The van der Waals surface area contributed by atoms with Gasteiger partial charge in [0.1, 0.15) is 0 Å². The molecule has 0 rings (SSSR count). The molecule has 2 nitrogen and oxygen atoms in total. The van der Waals surface area contributed by atoms with Gasteiger partial charge in [-0.05, 0) is 38.8 Å². The highest BCUT2D eigenvalue weighted by Gasteiger charge is 1.84. The zero-order valence-corrected chi connectivity index (χ0v) is 15.0. The van der Waals surface area contributed by atoms with Crippen molar-refractivity contribution in [2.45, 2.75) is 27.7 Å². The normalized spacial score (nSPS) is 15.6. The third-order valence-corrected chi connectivity index (χ3v) is 2.93. The van der Waals surface area contributed by atoms with E-state index in [0.29, 0.717) is 6.61 Å². The average Bonchev–Trinajstić information content (AvgIpc) is 2.51. The molecule has 2 heteroatoms. The highest BCUT2D eigenvalue weighted by molar-refractivity contribution is 5.29. The minimum Gasteiger partial charge on any atom is -0.392 e. The lowest BCUT2D eigenvalue weighted by Gasteiger charge is -1.95. The van der Waals surface area contributed by atoms with E-state index in [1.165, 1.54) is 11.1 Å². The molecule has 0 aliphatic carbocycles. The van der Waals surface area contributed by atoms with Crippen LogP contribution in [0.25, 0.3) is 0 Å². The van der Waals surface area contributed by atoms with Crippen LogP contribution in [0.3, 0.4) is 0 Å². The van der Waals surface area contributed by atoms with Crippen molar-refractivity contribution in [1.29, 1.82) is 0 Å². The van der Waals surface area contributed by atoms with E-state index in [4.69, 9.17) is 9.84 Å². The van der Waals surface area contributed by atoms with Crippen molar-refractivity contribution in [1.82, 2.24) is 0 Å². The maximum absolute atomic E-state index is 8.89. The molecule has 0 amide bonds. The second-order valence-electron chi connectivity index (χ2n) is 5.54. The van der Waals surface area contributed by atoms with Gasteiger partial charge in [-0.1, -0.05) is 71.9 Å². The van der Waals surface area contributed by atoms with Crippen molar-refractivity contribution in [3.05, 3.63) is 83.1 Å². The molecule has 0 aromatic rings. The van der Waals surface area contributed by atoms with Crippen LogP contribution in [0.4, 0.5) is 0 Å². The predicted octanol–water partition coefficient (Wildman–Crippen LogP) is 5.08. The molecule has 0 fully saturated rings. The summed E-state index contributed by atoms with van der Waals surface area (Å²) in [6.45, 7) is 8.83. The molecule has 0 atom stereocenters. The first-order valence-electron chi connectivity index (χ1n) is 7.79. The van der Waals surface area contributed by atoms with Crippen LogP contribution in [0.2, 0.25) is 0 Å². The molecule has 0 heterocycles. The number of hydrogen-bond acceptors (Lipinski definition) is 2. The highest BCUT2D eigenvalue weighted by atomic mass is 16.5. The Morgan fingerprint density at radius 3 is 1.65 bits per heavy atom. The van der Waals surface area contributed by atoms with Crippen LogP contribution in [0.1, 0.15) is 27.7 Å². The Balaban J connectivity index is 4.47. The Labute approximate surface area is 141 Å². The van der Waals surface area contributed by atoms with E-state index in [2.05, 4.69) is 31.2 Å². The Hall–Kier alpha value is -1.90. The minimum atomic E-state index is 0.102. The van der Waals surface area contributed by atoms with E-state index < -0.39 is 0 Å². The van der Waals surface area contributed by atoms with Gasteiger partial charge in [0.2, 0.25) is 0 Å². The van der Waals surface area contributed by atoms with Gasteiger partial charge < -0.3 is 9.84 Å². The summed E-state index contributed by atoms with van der Waals surface area (Å²) >= 11 is 0. The second kappa shape index (κ2) is 13.7. The maximum Gasteiger partial charge on any atom is 0.0673 e. The van der Waals surface area contributed by atoms with Gasteiger partial charge in [-0.2, -0.15) is 0 Å². The number of rotatable bonds is 9. The van der Waals surface area contributed by atoms with Crippen LogP contribution in [0, 0.1) is 0 Å². The summed E-state index contributed by atoms with van der Waals surface area (Å²) in [6, 6.07) is 0. The summed E-state index contributed by atoms with van der Waals surface area (Å²) < 4.78 is 5.05. The summed E-state index contributed by atoms with van der Waals surface area (Å²) in [5.41, 5.74) is 4.49. The van der Waals surface area contributed by atoms with Crippen molar-refractivity contribution < 1.29 is 9.84 Å². The third-order valence-electron chi connectivity index (χ3n) is 2.93. The van der Waals surface area contributed by atoms with Gasteiger partial charge in [-0.15, -0.1) is 0 Å². The Morgan fingerprint density at radius 1 is 0.739 bits per heavy atom. The molecular weight excluding hydrogens is 284 g/mol. The third kappa shape index (κ3) is 13.5. The van der Waals surface area contributed by atoms with Crippen molar-refractivity contribution in [2.24, 2.45) is 0 Å². The fourth-order valence-corrected chi connectivity index (χ4v) is 1.58. The molecule has 0 spiro atoms. The van der Waals surface area contributed by atoms with E-state index in [0.717, 1.165) is 11.1 Å². The van der Waals surface area contributed by atoms with Gasteiger partial charge in [0.05, 0.1) is 13.2 Å². The van der Waals surface area contributed by atoms with Crippen LogP contribution in [0.15, 0.2) is 83.1 Å². The lowest BCUT2D eigenvalue weighted by atomic mass is 10.2. The molecule has 0 saturated carbocycles. The largest absolute Gasteiger partial charge is 0.392 e. The average molecular weight is 314 g/mol. The molecule has 1 N–H and O–H groups in total. The smallest absolute Gasteiger partial charge is 0.0673 e. The molecule has 23 heavy (non-hydrogen) atoms. The van der Waals surface area contributed by atoms with Crippen LogP contribution < -0.4 is 0 Å². The Kier molecular flexibility index (Phi) is 12.6. The molecule has 0 saturated heterocycles. The highest BCUT2D eigenvalue weighted by Crippen LogP contribution is 2.01. The first-order chi connectivity index (χ1) is 11.0. The van der Waals surface area contributed by atoms with Gasteiger partial charge in [0.25, 0.3) is 0 Å². The van der Waals surface area contributed by atoms with Gasteiger partial charge in [-0.3, -0.25) is 0 Å². The van der Waals surface area contributed by atoms with Gasteiger partial charge >= 0.3 is 0 Å². The first kappa shape index (κ1) is 21.1. The van der Waals surface area contributed by atoms with Crippen molar-refractivity contribution >= 4 is 0 Å². The summed E-state index contributed by atoms with van der Waals surface area (Å²) in [4.78, 5) is 0. The molecule has 126 valence electrons. The van der Waals surface area contributed by atoms with E-state index in [9.17, 15) is 0 Å². The SMILES string of the molecule is COC/C(C)=C/C=C/C(C)=C/C=C/C=C(C)/C=C/C=C(\C)CO. The molecule has 0 aromatic heterocycles. The topological polar surface area (TPSA) is 29.5 Å². The fourth-order valence-electron chi connectivity index (χ4n) is 1.58. The maximum atomic E-state index is 8.89. The lowest BCUT2D eigenvalue weighted by molar-refractivity contribution is 0.226. The van der Waals surface area contributed by atoms with Crippen molar-refractivity contribution in [2.75, 3.05) is 20.3 Å². The summed E-state index contributed by atoms with van der Waals surface area (Å²) in [6.07, 6.45) is 20.2. The van der Waals surface area contributed by atoms with E-state index in [1.807, 2.05) is 57.2 Å². The van der Waals surface area contributed by atoms with Crippen LogP contribution in [-0.4, -0.2) is 25.4 Å². The van der Waals surface area contributed by atoms with Crippen molar-refractivity contribution in [3.63, 3.8) is 0 Å². The monoisotopic (exact) mass is 314 g/mol. The summed E-state index contributed by atoms with van der Waals surface area (Å²) in [5, 5.41) is 8.89. The number of allylic oxidation sites excluding steroid dienone is 12. The number of hydrogen-bond donors (Lipinski definition) is 1. The first-order valence-corrected chi connectivity index (χ1v) is 7.79. The van der Waals surface area contributed by atoms with Gasteiger partial charge in [0, 0.05) is 7.11 Å². The number of methoxy groups -OCH3 is 1. The number of aliphatic hydroxyl groups excluding tert-OH is 1. The van der Waals surface area contributed by atoms with E-state index in [1.54, 1.807) is 7.11 Å². The molecule has 0 bridgehead atoms. The summed E-state index contributed by atoms with van der Waals surface area (Å²) in [5.74, 6) is 0. The van der Waals surface area contributed by atoms with Gasteiger partial charge in [-0.25, -0.2) is 0 Å². The summed E-state index contributed by atoms with van der Waals surface area (Å²) in [7, 11) is 1.70. The predicted molar refractivity (Wildman–Crippen MR) is 101 cm³/mol. The standard InChI is InChI=1S/C21H30O2/c1-18(12-8-14-20(3)16-22)10-6-7-11-19(2)13-9-15-21(4)17-23-5/h6-15,22H,16-17H2,1-5H3/b7-6+,12-8+,13-9+,18-10+,19-11+,20-14+,21-15+. The van der Waals surface area contributed by atoms with Crippen LogP contribution in [-0.2, 0) is 4.74 Å². The molecule has 0 aliphatic rings. The molecule has 0 aliphatic heterocycles. The van der Waals surface area contributed by atoms with Crippen molar-refractivity contribution in [3.8, 4) is 0 Å². The number of aliphatic hydroxyl groups is 1. The molecular formula is C21H30O2. The minimum absolute atomic E-state index is 0.102. The molecule has 0 radical (unpaired) electrons. The van der Waals surface area contributed by atoms with E-state index >= 15 is 0 Å². The van der Waals surface area contributed by atoms with Crippen LogP contribution in [0.5, 0.6) is 0 Å². The zero-order chi connectivity index (χ0) is 17.5. The lowest BCUT2D eigenvalue weighted by Crippen LogP contribution is -1.88. The Morgan fingerprint density at radius 2 is 1.22 bits per heavy atom. The number of ether oxygens (including phenoxy) is 1. The van der Waals surface area contributed by atoms with E-state index in [-0.39, 0.29) is 6.61 Å².